The molecule has 0 aliphatic heterocycles. The van der Waals surface area contributed by atoms with E-state index in [1.807, 2.05) is 0 Å². The molecule has 1 amide bonds. The lowest BCUT2D eigenvalue weighted by molar-refractivity contribution is 0.0697. The molecule has 0 saturated heterocycles. The Morgan fingerprint density at radius 1 is 1.03 bits per heavy atom. The van der Waals surface area contributed by atoms with E-state index < -0.39 is 11.9 Å². The van der Waals surface area contributed by atoms with Gasteiger partial charge in [-0.2, -0.15) is 0 Å². The Balaban J connectivity index is 1.85. The van der Waals surface area contributed by atoms with Gasteiger partial charge >= 0.3 is 5.97 Å². The SMILES string of the molecule is O=C(Nc1onc(-c2cccnc2)c1-c1ccccc1C(=O)O)c1cccc(Br)c1. The van der Waals surface area contributed by atoms with Gasteiger partial charge < -0.3 is 9.63 Å². The van der Waals surface area contributed by atoms with Crippen LogP contribution in [0.2, 0.25) is 0 Å². The first-order chi connectivity index (χ1) is 14.5. The zero-order valence-corrected chi connectivity index (χ0v) is 17.0. The third-order valence-corrected chi connectivity index (χ3v) is 4.86. The zero-order chi connectivity index (χ0) is 21.1. The van der Waals surface area contributed by atoms with Crippen LogP contribution < -0.4 is 5.32 Å². The van der Waals surface area contributed by atoms with Crippen molar-refractivity contribution in [1.82, 2.24) is 10.1 Å². The molecule has 7 nitrogen and oxygen atoms in total. The maximum Gasteiger partial charge on any atom is 0.336 e. The van der Waals surface area contributed by atoms with Crippen molar-refractivity contribution in [2.24, 2.45) is 0 Å². The number of hydrogen-bond acceptors (Lipinski definition) is 5. The number of hydrogen-bond donors (Lipinski definition) is 2. The highest BCUT2D eigenvalue weighted by Crippen LogP contribution is 2.39. The third-order valence-electron chi connectivity index (χ3n) is 4.37. The number of carboxylic acids is 1. The number of halogens is 1. The lowest BCUT2D eigenvalue weighted by Gasteiger charge is -2.09. The number of benzene rings is 2. The Morgan fingerprint density at radius 3 is 2.60 bits per heavy atom. The predicted octanol–water partition coefficient (Wildman–Crippen LogP) is 5.12. The lowest BCUT2D eigenvalue weighted by Crippen LogP contribution is -2.12. The summed E-state index contributed by atoms with van der Waals surface area (Å²) in [7, 11) is 0. The second-order valence-electron chi connectivity index (χ2n) is 6.29. The van der Waals surface area contributed by atoms with E-state index >= 15 is 0 Å². The van der Waals surface area contributed by atoms with E-state index in [9.17, 15) is 14.7 Å². The molecule has 2 aromatic heterocycles. The molecule has 2 N–H and O–H groups in total. The van der Waals surface area contributed by atoms with Crippen LogP contribution in [0.3, 0.4) is 0 Å². The fourth-order valence-electron chi connectivity index (χ4n) is 3.02. The second-order valence-corrected chi connectivity index (χ2v) is 7.21. The van der Waals surface area contributed by atoms with Crippen LogP contribution in [0, 0.1) is 0 Å². The monoisotopic (exact) mass is 463 g/mol. The van der Waals surface area contributed by atoms with Crippen molar-refractivity contribution in [3.63, 3.8) is 0 Å². The summed E-state index contributed by atoms with van der Waals surface area (Å²) in [6.45, 7) is 0. The van der Waals surface area contributed by atoms with Crippen molar-refractivity contribution in [2.45, 2.75) is 0 Å². The van der Waals surface area contributed by atoms with Crippen molar-refractivity contribution < 1.29 is 19.2 Å². The normalized spacial score (nSPS) is 10.6. The van der Waals surface area contributed by atoms with Crippen LogP contribution in [-0.2, 0) is 0 Å². The van der Waals surface area contributed by atoms with E-state index in [1.165, 1.54) is 6.07 Å². The van der Waals surface area contributed by atoms with Crippen LogP contribution in [0.4, 0.5) is 5.88 Å². The molecule has 148 valence electrons. The highest BCUT2D eigenvalue weighted by molar-refractivity contribution is 9.10. The Bertz CT molecular complexity index is 1240. The third kappa shape index (κ3) is 3.85. The number of carbonyl (C=O) groups is 2. The first-order valence-electron chi connectivity index (χ1n) is 8.84. The highest BCUT2D eigenvalue weighted by atomic mass is 79.9. The molecular weight excluding hydrogens is 450 g/mol. The minimum absolute atomic E-state index is 0.0486. The van der Waals surface area contributed by atoms with Crippen LogP contribution in [0.5, 0.6) is 0 Å². The van der Waals surface area contributed by atoms with Crippen LogP contribution in [0.25, 0.3) is 22.4 Å². The minimum Gasteiger partial charge on any atom is -0.478 e. The molecule has 0 aliphatic rings. The van der Waals surface area contributed by atoms with Gasteiger partial charge in [0.05, 0.1) is 11.1 Å². The fourth-order valence-corrected chi connectivity index (χ4v) is 3.42. The Labute approximate surface area is 179 Å². The number of anilines is 1. The largest absolute Gasteiger partial charge is 0.478 e. The van der Waals surface area contributed by atoms with Crippen molar-refractivity contribution in [1.29, 1.82) is 0 Å². The molecule has 0 atom stereocenters. The van der Waals surface area contributed by atoms with Gasteiger partial charge in [-0.1, -0.05) is 45.4 Å². The van der Waals surface area contributed by atoms with E-state index in [0.717, 1.165) is 4.47 Å². The number of aromatic carboxylic acids is 1. The van der Waals surface area contributed by atoms with Crippen molar-refractivity contribution in [2.75, 3.05) is 5.32 Å². The number of carboxylic acid groups (broad SMARTS) is 1. The van der Waals surface area contributed by atoms with Gasteiger partial charge in [-0.15, -0.1) is 0 Å². The highest BCUT2D eigenvalue weighted by Gasteiger charge is 2.25. The molecule has 0 bridgehead atoms. The summed E-state index contributed by atoms with van der Waals surface area (Å²) >= 11 is 3.34. The first-order valence-corrected chi connectivity index (χ1v) is 9.63. The van der Waals surface area contributed by atoms with Crippen molar-refractivity contribution in [3.8, 4) is 22.4 Å². The molecule has 0 radical (unpaired) electrons. The summed E-state index contributed by atoms with van der Waals surface area (Å²) < 4.78 is 6.20. The Hall–Kier alpha value is -3.78. The van der Waals surface area contributed by atoms with Crippen LogP contribution in [0.1, 0.15) is 20.7 Å². The van der Waals surface area contributed by atoms with Gasteiger partial charge in [0.25, 0.3) is 5.91 Å². The maximum atomic E-state index is 12.8. The van der Waals surface area contributed by atoms with E-state index in [2.05, 4.69) is 31.4 Å². The van der Waals surface area contributed by atoms with Gasteiger partial charge in [0.15, 0.2) is 0 Å². The maximum absolute atomic E-state index is 12.8. The summed E-state index contributed by atoms with van der Waals surface area (Å²) in [5.74, 6) is -1.47. The second kappa shape index (κ2) is 8.30. The summed E-state index contributed by atoms with van der Waals surface area (Å²) in [6.07, 6.45) is 3.20. The number of nitrogens with zero attached hydrogens (tertiary/aromatic N) is 2. The van der Waals surface area contributed by atoms with Crippen LogP contribution >= 0.6 is 15.9 Å². The first kappa shape index (κ1) is 19.5. The van der Waals surface area contributed by atoms with E-state index in [0.29, 0.717) is 27.9 Å². The number of pyridine rings is 1. The molecule has 0 fully saturated rings. The summed E-state index contributed by atoms with van der Waals surface area (Å²) in [6, 6.07) is 16.8. The average molecular weight is 464 g/mol. The molecule has 0 unspecified atom stereocenters. The molecule has 0 spiro atoms. The van der Waals surface area contributed by atoms with Crippen molar-refractivity contribution in [3.05, 3.63) is 88.7 Å². The molecule has 2 heterocycles. The van der Waals surface area contributed by atoms with Gasteiger partial charge in [-0.25, -0.2) is 4.79 Å². The minimum atomic E-state index is -1.10. The zero-order valence-electron chi connectivity index (χ0n) is 15.4. The van der Waals surface area contributed by atoms with E-state index in [4.69, 9.17) is 4.52 Å². The molecule has 4 rings (SSSR count). The number of aromatic nitrogens is 2. The van der Waals surface area contributed by atoms with E-state index in [-0.39, 0.29) is 11.4 Å². The lowest BCUT2D eigenvalue weighted by atomic mass is 9.97. The Kier molecular flexibility index (Phi) is 5.40. The van der Waals surface area contributed by atoms with Gasteiger partial charge in [0, 0.05) is 33.6 Å². The van der Waals surface area contributed by atoms with Crippen molar-refractivity contribution >= 4 is 33.7 Å². The Morgan fingerprint density at radius 2 is 1.87 bits per heavy atom. The quantitative estimate of drug-likeness (QED) is 0.425. The summed E-state index contributed by atoms with van der Waals surface area (Å²) in [5, 5.41) is 16.5. The summed E-state index contributed by atoms with van der Waals surface area (Å²) in [5.41, 5.74) is 2.20. The number of nitrogens with one attached hydrogen (secondary N) is 1. The molecular formula is C22H14BrN3O4. The topological polar surface area (TPSA) is 105 Å². The number of rotatable bonds is 5. The molecule has 8 heteroatoms. The average Bonchev–Trinajstić information content (AvgIpc) is 3.17. The van der Waals surface area contributed by atoms with Gasteiger partial charge in [-0.3, -0.25) is 15.1 Å². The molecule has 4 aromatic rings. The number of carbonyl (C=O) groups excluding carboxylic acids is 1. The summed E-state index contributed by atoms with van der Waals surface area (Å²) in [4.78, 5) is 28.7. The molecule has 0 saturated carbocycles. The van der Waals surface area contributed by atoms with Gasteiger partial charge in [-0.05, 0) is 36.4 Å². The van der Waals surface area contributed by atoms with Crippen LogP contribution in [0.15, 0.2) is 82.1 Å². The molecule has 0 aliphatic carbocycles. The molecule has 2 aromatic carbocycles. The predicted molar refractivity (Wildman–Crippen MR) is 114 cm³/mol. The van der Waals surface area contributed by atoms with Gasteiger partial charge in [0.2, 0.25) is 5.88 Å². The van der Waals surface area contributed by atoms with Gasteiger partial charge in [0.1, 0.15) is 5.69 Å². The fraction of sp³-hybridized carbons (Fsp3) is 0. The van der Waals surface area contributed by atoms with E-state index in [1.54, 1.807) is 67.0 Å². The molecule has 30 heavy (non-hydrogen) atoms. The number of amides is 1. The van der Waals surface area contributed by atoms with Crippen LogP contribution in [-0.4, -0.2) is 27.1 Å². The standard InChI is InChI=1S/C22H14BrN3O4/c23-15-7-3-5-13(11-15)20(27)25-21-18(16-8-1-2-9-17(16)22(28)29)19(26-30-21)14-6-4-10-24-12-14/h1-12H,(H,25,27)(H,28,29). The smallest absolute Gasteiger partial charge is 0.336 e.